The molecule has 0 saturated heterocycles. The first-order valence-electron chi connectivity index (χ1n) is 4.92. The molecule has 1 rings (SSSR count). The molecule has 0 heterocycles. The second-order valence-corrected chi connectivity index (χ2v) is 3.83. The summed E-state index contributed by atoms with van der Waals surface area (Å²) >= 11 is 5.74. The second kappa shape index (κ2) is 6.02. The molecule has 7 heteroatoms. The van der Waals surface area contributed by atoms with E-state index in [-0.39, 0.29) is 17.1 Å². The van der Waals surface area contributed by atoms with E-state index in [1.54, 1.807) is 0 Å². The average Bonchev–Trinajstić information content (AvgIpc) is 2.26. The zero-order valence-electron chi connectivity index (χ0n) is 9.53. The lowest BCUT2D eigenvalue weighted by atomic mass is 10.1. The Labute approximate surface area is 108 Å². The van der Waals surface area contributed by atoms with Gasteiger partial charge >= 0.3 is 6.03 Å². The Morgan fingerprint density at radius 2 is 2.06 bits per heavy atom. The van der Waals surface area contributed by atoms with E-state index in [1.165, 1.54) is 25.1 Å². The minimum atomic E-state index is -0.966. The van der Waals surface area contributed by atoms with Crippen molar-refractivity contribution in [2.24, 2.45) is 5.73 Å². The summed E-state index contributed by atoms with van der Waals surface area (Å²) in [5, 5.41) is 2.22. The van der Waals surface area contributed by atoms with Crippen molar-refractivity contribution < 1.29 is 19.1 Å². The topological polar surface area (TPSA) is 98.5 Å². The van der Waals surface area contributed by atoms with E-state index >= 15 is 0 Å². The summed E-state index contributed by atoms with van der Waals surface area (Å²) in [4.78, 5) is 32.9. The Kier molecular flexibility index (Phi) is 4.67. The molecule has 0 saturated carbocycles. The number of nitrogens with two attached hydrogens (primary N) is 1. The molecule has 3 amide bonds. The van der Waals surface area contributed by atoms with Crippen LogP contribution in [0.4, 0.5) is 4.79 Å². The van der Waals surface area contributed by atoms with Gasteiger partial charge in [0.2, 0.25) is 0 Å². The monoisotopic (exact) mass is 270 g/mol. The number of hydrogen-bond acceptors (Lipinski definition) is 4. The Morgan fingerprint density at radius 1 is 1.39 bits per heavy atom. The summed E-state index contributed by atoms with van der Waals surface area (Å²) in [7, 11) is 0. The van der Waals surface area contributed by atoms with Gasteiger partial charge in [-0.15, -0.1) is 0 Å². The Hall–Kier alpha value is -2.08. The molecule has 1 aromatic carbocycles. The first-order chi connectivity index (χ1) is 8.40. The van der Waals surface area contributed by atoms with Gasteiger partial charge in [0.05, 0.1) is 5.56 Å². The molecular weight excluding hydrogens is 260 g/mol. The molecule has 0 radical (unpaired) electrons. The molecule has 0 fully saturated rings. The number of benzene rings is 1. The summed E-state index contributed by atoms with van der Waals surface area (Å²) < 4.78 is 5.12. The fourth-order valence-electron chi connectivity index (χ4n) is 1.22. The average molecular weight is 271 g/mol. The van der Waals surface area contributed by atoms with Crippen LogP contribution in [-0.2, 0) is 4.79 Å². The largest absolute Gasteiger partial charge is 0.483 e. The highest BCUT2D eigenvalue weighted by atomic mass is 35.5. The van der Waals surface area contributed by atoms with E-state index in [1.807, 2.05) is 5.32 Å². The van der Waals surface area contributed by atoms with Crippen LogP contribution in [0.15, 0.2) is 18.2 Å². The van der Waals surface area contributed by atoms with Gasteiger partial charge < -0.3 is 10.5 Å². The molecule has 0 bridgehead atoms. The molecular formula is C11H11ClN2O4. The van der Waals surface area contributed by atoms with E-state index in [2.05, 4.69) is 0 Å². The molecule has 96 valence electrons. The molecule has 0 spiro atoms. The van der Waals surface area contributed by atoms with E-state index < -0.39 is 18.5 Å². The van der Waals surface area contributed by atoms with Gasteiger partial charge in [0.1, 0.15) is 5.75 Å². The van der Waals surface area contributed by atoms with Crippen LogP contribution in [0.3, 0.4) is 0 Å². The molecule has 18 heavy (non-hydrogen) atoms. The number of amides is 3. The Bertz CT molecular complexity index is 502. The van der Waals surface area contributed by atoms with Gasteiger partial charge in [0, 0.05) is 5.02 Å². The highest BCUT2D eigenvalue weighted by Gasteiger charge is 2.11. The predicted octanol–water partition coefficient (Wildman–Crippen LogP) is 1.12. The zero-order chi connectivity index (χ0) is 13.7. The summed E-state index contributed by atoms with van der Waals surface area (Å²) in [6.07, 6.45) is 0. The number of primary amides is 1. The third-order valence-electron chi connectivity index (χ3n) is 1.94. The molecule has 0 atom stereocenters. The number of nitrogens with one attached hydrogen (secondary N) is 1. The van der Waals surface area contributed by atoms with Crippen LogP contribution in [0.1, 0.15) is 17.3 Å². The lowest BCUT2D eigenvalue weighted by molar-refractivity contribution is -0.121. The van der Waals surface area contributed by atoms with Crippen molar-refractivity contribution in [1.82, 2.24) is 5.32 Å². The quantitative estimate of drug-likeness (QED) is 0.801. The Balaban J connectivity index is 2.76. The maximum atomic E-state index is 11.3. The normalized spacial score (nSPS) is 9.67. The molecule has 0 aliphatic carbocycles. The van der Waals surface area contributed by atoms with Crippen LogP contribution in [-0.4, -0.2) is 24.3 Å². The standard InChI is InChI=1S/C11H11ClN2O4/c1-6(15)8-4-7(12)2-3-9(8)18-5-10(16)14-11(13)17/h2-4H,5H2,1H3,(H3,13,14,16,17). The highest BCUT2D eigenvalue weighted by Crippen LogP contribution is 2.23. The van der Waals surface area contributed by atoms with Gasteiger partial charge in [-0.2, -0.15) is 0 Å². The van der Waals surface area contributed by atoms with Crippen molar-refractivity contribution in [3.63, 3.8) is 0 Å². The molecule has 1 aromatic rings. The summed E-state index contributed by atoms with van der Waals surface area (Å²) in [5.41, 5.74) is 5.02. The van der Waals surface area contributed by atoms with Crippen LogP contribution < -0.4 is 15.8 Å². The fourth-order valence-corrected chi connectivity index (χ4v) is 1.39. The zero-order valence-corrected chi connectivity index (χ0v) is 10.3. The number of rotatable bonds is 4. The summed E-state index contributed by atoms with van der Waals surface area (Å²) in [6, 6.07) is 3.46. The predicted molar refractivity (Wildman–Crippen MR) is 64.7 cm³/mol. The smallest absolute Gasteiger partial charge is 0.318 e. The van der Waals surface area contributed by atoms with Crippen LogP contribution in [0.2, 0.25) is 5.02 Å². The van der Waals surface area contributed by atoms with E-state index in [4.69, 9.17) is 22.1 Å². The van der Waals surface area contributed by atoms with E-state index in [0.717, 1.165) is 0 Å². The van der Waals surface area contributed by atoms with Gasteiger partial charge in [-0.05, 0) is 25.1 Å². The van der Waals surface area contributed by atoms with Gasteiger partial charge in [0.15, 0.2) is 12.4 Å². The van der Waals surface area contributed by atoms with Crippen molar-refractivity contribution in [2.45, 2.75) is 6.92 Å². The highest BCUT2D eigenvalue weighted by molar-refractivity contribution is 6.31. The second-order valence-electron chi connectivity index (χ2n) is 3.40. The van der Waals surface area contributed by atoms with Crippen molar-refractivity contribution in [1.29, 1.82) is 0 Å². The molecule has 0 aliphatic rings. The van der Waals surface area contributed by atoms with Crippen molar-refractivity contribution in [2.75, 3.05) is 6.61 Å². The molecule has 3 N–H and O–H groups in total. The third kappa shape index (κ3) is 4.06. The summed E-state index contributed by atoms with van der Waals surface area (Å²) in [6.45, 7) is 0.923. The number of ether oxygens (including phenoxy) is 1. The molecule has 6 nitrogen and oxygen atoms in total. The minimum absolute atomic E-state index is 0.214. The van der Waals surface area contributed by atoms with Gasteiger partial charge in [0.25, 0.3) is 5.91 Å². The number of ketones is 1. The van der Waals surface area contributed by atoms with Crippen molar-refractivity contribution in [3.05, 3.63) is 28.8 Å². The van der Waals surface area contributed by atoms with Crippen molar-refractivity contribution >= 4 is 29.3 Å². The number of hydrogen-bond donors (Lipinski definition) is 2. The van der Waals surface area contributed by atoms with Crippen molar-refractivity contribution in [3.8, 4) is 5.75 Å². The maximum Gasteiger partial charge on any atom is 0.318 e. The SMILES string of the molecule is CC(=O)c1cc(Cl)ccc1OCC(=O)NC(N)=O. The first kappa shape index (κ1) is 14.0. The fraction of sp³-hybridized carbons (Fsp3) is 0.182. The number of urea groups is 1. The Morgan fingerprint density at radius 3 is 2.61 bits per heavy atom. The van der Waals surface area contributed by atoms with Gasteiger partial charge in [-0.1, -0.05) is 11.6 Å². The minimum Gasteiger partial charge on any atom is -0.483 e. The van der Waals surface area contributed by atoms with Crippen LogP contribution >= 0.6 is 11.6 Å². The number of carbonyl (C=O) groups is 3. The lowest BCUT2D eigenvalue weighted by Gasteiger charge is -2.09. The summed E-state index contributed by atoms with van der Waals surface area (Å²) in [5.74, 6) is -0.735. The van der Waals surface area contributed by atoms with Gasteiger partial charge in [-0.3, -0.25) is 14.9 Å². The lowest BCUT2D eigenvalue weighted by Crippen LogP contribution is -2.38. The van der Waals surface area contributed by atoms with E-state index in [9.17, 15) is 14.4 Å². The first-order valence-corrected chi connectivity index (χ1v) is 5.30. The van der Waals surface area contributed by atoms with Crippen LogP contribution in [0.25, 0.3) is 0 Å². The third-order valence-corrected chi connectivity index (χ3v) is 2.18. The maximum absolute atomic E-state index is 11.3. The molecule has 0 unspecified atom stereocenters. The number of Topliss-reactive ketones (excluding diaryl/α,β-unsaturated/α-hetero) is 1. The van der Waals surface area contributed by atoms with E-state index in [0.29, 0.717) is 5.02 Å². The van der Waals surface area contributed by atoms with Crippen LogP contribution in [0.5, 0.6) is 5.75 Å². The number of halogens is 1. The van der Waals surface area contributed by atoms with Crippen LogP contribution in [0, 0.1) is 0 Å². The number of carbonyl (C=O) groups excluding carboxylic acids is 3. The molecule has 0 aliphatic heterocycles. The number of imide groups is 1. The molecule has 0 aromatic heterocycles. The van der Waals surface area contributed by atoms with Gasteiger partial charge in [-0.25, -0.2) is 4.79 Å².